The van der Waals surface area contributed by atoms with E-state index in [0.717, 1.165) is 6.42 Å². The van der Waals surface area contributed by atoms with Crippen molar-refractivity contribution in [2.75, 3.05) is 6.54 Å². The van der Waals surface area contributed by atoms with Crippen LogP contribution in [0.2, 0.25) is 0 Å². The van der Waals surface area contributed by atoms with Crippen molar-refractivity contribution in [2.24, 2.45) is 0 Å². The third-order valence-electron chi connectivity index (χ3n) is 1.80. The molecule has 0 aromatic carbocycles. The highest BCUT2D eigenvalue weighted by Gasteiger charge is 2.24. The Morgan fingerprint density at radius 1 is 1.69 bits per heavy atom. The number of carbonyl (C=O) groups excluding carboxylic acids is 2. The second-order valence-corrected chi connectivity index (χ2v) is 2.86. The maximum Gasteiger partial charge on any atom is 0.331 e. The highest BCUT2D eigenvalue weighted by molar-refractivity contribution is 5.87. The standard InChI is InChI=1S/C9H13NO3/c1-2-4-8(11)13-7-5-3-6-10-9(7)12/h2,4,7H,3,5-6H2,1H3,(H,10,12)/b4-2+. The molecule has 1 rings (SSSR count). The fourth-order valence-electron chi connectivity index (χ4n) is 1.17. The van der Waals surface area contributed by atoms with Crippen molar-refractivity contribution in [3.8, 4) is 0 Å². The largest absolute Gasteiger partial charge is 0.449 e. The molecule has 0 aromatic rings. The van der Waals surface area contributed by atoms with Crippen molar-refractivity contribution >= 4 is 11.9 Å². The Bertz CT molecular complexity index is 235. The molecular weight excluding hydrogens is 170 g/mol. The van der Waals surface area contributed by atoms with Crippen LogP contribution in [-0.2, 0) is 14.3 Å². The number of amides is 1. The van der Waals surface area contributed by atoms with Crippen LogP contribution in [0.25, 0.3) is 0 Å². The first-order valence-corrected chi connectivity index (χ1v) is 4.35. The first-order chi connectivity index (χ1) is 6.24. The molecule has 1 atom stereocenters. The highest BCUT2D eigenvalue weighted by atomic mass is 16.5. The molecule has 1 aliphatic rings. The molecular formula is C9H13NO3. The summed E-state index contributed by atoms with van der Waals surface area (Å²) in [5.74, 6) is -0.645. The minimum absolute atomic E-state index is 0.191. The van der Waals surface area contributed by atoms with Gasteiger partial charge in [0, 0.05) is 12.6 Å². The normalized spacial score (nSPS) is 22.8. The van der Waals surface area contributed by atoms with Crippen LogP contribution in [0.4, 0.5) is 0 Å². The van der Waals surface area contributed by atoms with Crippen LogP contribution < -0.4 is 5.32 Å². The van der Waals surface area contributed by atoms with Gasteiger partial charge in [-0.15, -0.1) is 0 Å². The predicted molar refractivity (Wildman–Crippen MR) is 46.9 cm³/mol. The van der Waals surface area contributed by atoms with E-state index >= 15 is 0 Å². The van der Waals surface area contributed by atoms with Gasteiger partial charge in [-0.3, -0.25) is 4.79 Å². The molecule has 1 amide bonds. The molecule has 0 aliphatic carbocycles. The average Bonchev–Trinajstić information content (AvgIpc) is 2.09. The van der Waals surface area contributed by atoms with E-state index in [0.29, 0.717) is 13.0 Å². The average molecular weight is 183 g/mol. The van der Waals surface area contributed by atoms with Crippen molar-refractivity contribution < 1.29 is 14.3 Å². The molecule has 0 saturated carbocycles. The lowest BCUT2D eigenvalue weighted by Crippen LogP contribution is -2.42. The van der Waals surface area contributed by atoms with Crippen LogP contribution in [0, 0.1) is 0 Å². The Kier molecular flexibility index (Phi) is 3.49. The van der Waals surface area contributed by atoms with Gasteiger partial charge in [-0.1, -0.05) is 6.08 Å². The monoisotopic (exact) mass is 183 g/mol. The van der Waals surface area contributed by atoms with Crippen molar-refractivity contribution in [3.63, 3.8) is 0 Å². The summed E-state index contributed by atoms with van der Waals surface area (Å²) in [7, 11) is 0. The molecule has 1 aliphatic heterocycles. The summed E-state index contributed by atoms with van der Waals surface area (Å²) in [6.45, 7) is 2.40. The van der Waals surface area contributed by atoms with Gasteiger partial charge in [0.15, 0.2) is 6.10 Å². The number of allylic oxidation sites excluding steroid dienone is 1. The number of esters is 1. The number of carbonyl (C=O) groups is 2. The number of hydrogen-bond donors (Lipinski definition) is 1. The van der Waals surface area contributed by atoms with Crippen molar-refractivity contribution in [3.05, 3.63) is 12.2 Å². The minimum atomic E-state index is -0.600. The maximum atomic E-state index is 11.1. The van der Waals surface area contributed by atoms with E-state index < -0.39 is 12.1 Å². The van der Waals surface area contributed by atoms with E-state index in [1.165, 1.54) is 6.08 Å². The van der Waals surface area contributed by atoms with Crippen LogP contribution in [0.3, 0.4) is 0 Å². The zero-order chi connectivity index (χ0) is 9.68. The third-order valence-corrected chi connectivity index (χ3v) is 1.80. The molecule has 4 heteroatoms. The van der Waals surface area contributed by atoms with Crippen LogP contribution in [0.15, 0.2) is 12.2 Å². The maximum absolute atomic E-state index is 11.1. The first-order valence-electron chi connectivity index (χ1n) is 4.35. The van der Waals surface area contributed by atoms with E-state index in [1.54, 1.807) is 13.0 Å². The molecule has 0 spiro atoms. The predicted octanol–water partition coefficient (Wildman–Crippen LogP) is 0.384. The summed E-state index contributed by atoms with van der Waals surface area (Å²) < 4.78 is 4.91. The first kappa shape index (κ1) is 9.77. The second kappa shape index (κ2) is 4.64. The Morgan fingerprint density at radius 2 is 2.46 bits per heavy atom. The lowest BCUT2D eigenvalue weighted by molar-refractivity contribution is -0.153. The molecule has 1 N–H and O–H groups in total. The Labute approximate surface area is 76.9 Å². The van der Waals surface area contributed by atoms with Gasteiger partial charge in [-0.25, -0.2) is 4.79 Å². The zero-order valence-corrected chi connectivity index (χ0v) is 7.58. The quantitative estimate of drug-likeness (QED) is 0.497. The molecule has 4 nitrogen and oxygen atoms in total. The number of ether oxygens (including phenoxy) is 1. The van der Waals surface area contributed by atoms with Crippen molar-refractivity contribution in [2.45, 2.75) is 25.9 Å². The van der Waals surface area contributed by atoms with E-state index in [9.17, 15) is 9.59 Å². The van der Waals surface area contributed by atoms with Crippen LogP contribution in [0.5, 0.6) is 0 Å². The summed E-state index contributed by atoms with van der Waals surface area (Å²) in [6.07, 6.45) is 3.78. The van der Waals surface area contributed by atoms with Gasteiger partial charge < -0.3 is 10.1 Å². The van der Waals surface area contributed by atoms with E-state index in [1.807, 2.05) is 0 Å². The Hall–Kier alpha value is -1.32. The number of hydrogen-bond acceptors (Lipinski definition) is 3. The summed E-state index contributed by atoms with van der Waals surface area (Å²) in [5.41, 5.74) is 0. The Morgan fingerprint density at radius 3 is 3.08 bits per heavy atom. The molecule has 13 heavy (non-hydrogen) atoms. The molecule has 0 radical (unpaired) electrons. The van der Waals surface area contributed by atoms with Gasteiger partial charge in [-0.2, -0.15) is 0 Å². The van der Waals surface area contributed by atoms with Gasteiger partial charge in [0.1, 0.15) is 0 Å². The molecule has 0 aromatic heterocycles. The van der Waals surface area contributed by atoms with Gasteiger partial charge in [0.05, 0.1) is 0 Å². The summed E-state index contributed by atoms with van der Waals surface area (Å²) >= 11 is 0. The number of piperidine rings is 1. The summed E-state index contributed by atoms with van der Waals surface area (Å²) in [4.78, 5) is 22.1. The number of nitrogens with one attached hydrogen (secondary N) is 1. The third kappa shape index (κ3) is 2.89. The van der Waals surface area contributed by atoms with Crippen molar-refractivity contribution in [1.29, 1.82) is 0 Å². The van der Waals surface area contributed by atoms with Gasteiger partial charge in [-0.05, 0) is 19.8 Å². The molecule has 1 heterocycles. The van der Waals surface area contributed by atoms with E-state index in [-0.39, 0.29) is 5.91 Å². The zero-order valence-electron chi connectivity index (χ0n) is 7.58. The summed E-state index contributed by atoms with van der Waals surface area (Å²) in [6, 6.07) is 0. The molecule has 1 unspecified atom stereocenters. The van der Waals surface area contributed by atoms with Crippen LogP contribution in [-0.4, -0.2) is 24.5 Å². The molecule has 0 bridgehead atoms. The minimum Gasteiger partial charge on any atom is -0.449 e. The Balaban J connectivity index is 2.42. The molecule has 1 saturated heterocycles. The smallest absolute Gasteiger partial charge is 0.331 e. The SMILES string of the molecule is C/C=C/C(=O)OC1CCCNC1=O. The van der Waals surface area contributed by atoms with E-state index in [4.69, 9.17) is 4.74 Å². The fourth-order valence-corrected chi connectivity index (χ4v) is 1.17. The second-order valence-electron chi connectivity index (χ2n) is 2.86. The van der Waals surface area contributed by atoms with Gasteiger partial charge >= 0.3 is 5.97 Å². The fraction of sp³-hybridized carbons (Fsp3) is 0.556. The van der Waals surface area contributed by atoms with Gasteiger partial charge in [0.2, 0.25) is 0 Å². The lowest BCUT2D eigenvalue weighted by Gasteiger charge is -2.20. The highest BCUT2D eigenvalue weighted by Crippen LogP contribution is 2.07. The van der Waals surface area contributed by atoms with Crippen molar-refractivity contribution in [1.82, 2.24) is 5.32 Å². The molecule has 1 fully saturated rings. The summed E-state index contributed by atoms with van der Waals surface area (Å²) in [5, 5.41) is 2.64. The lowest BCUT2D eigenvalue weighted by atomic mass is 10.1. The number of rotatable bonds is 2. The van der Waals surface area contributed by atoms with Crippen LogP contribution >= 0.6 is 0 Å². The van der Waals surface area contributed by atoms with E-state index in [2.05, 4.69) is 5.32 Å². The topological polar surface area (TPSA) is 55.4 Å². The molecule has 72 valence electrons. The van der Waals surface area contributed by atoms with Crippen LogP contribution in [0.1, 0.15) is 19.8 Å². The van der Waals surface area contributed by atoms with Gasteiger partial charge in [0.25, 0.3) is 5.91 Å².